The summed E-state index contributed by atoms with van der Waals surface area (Å²) in [6, 6.07) is 12.1. The van der Waals surface area contributed by atoms with Crippen molar-refractivity contribution in [1.29, 1.82) is 0 Å². The molecule has 2 aromatic carbocycles. The van der Waals surface area contributed by atoms with Crippen LogP contribution in [0.25, 0.3) is 22.8 Å². The Morgan fingerprint density at radius 3 is 2.38 bits per heavy atom. The molecular formula is C28H25Cl3FN5O2. The van der Waals surface area contributed by atoms with E-state index in [2.05, 4.69) is 20.5 Å². The number of halogens is 4. The Kier molecular flexibility index (Phi) is 8.09. The molecule has 1 fully saturated rings. The Balaban J connectivity index is 1.34. The number of amides is 1. The molecule has 1 unspecified atom stereocenters. The zero-order chi connectivity index (χ0) is 27.7. The Bertz CT molecular complexity index is 1510. The van der Waals surface area contributed by atoms with E-state index in [0.29, 0.717) is 52.1 Å². The van der Waals surface area contributed by atoms with Crippen molar-refractivity contribution < 1.29 is 13.9 Å². The fraction of sp³-hybridized carbons (Fsp3) is 0.250. The lowest BCUT2D eigenvalue weighted by Gasteiger charge is -2.36. The van der Waals surface area contributed by atoms with Crippen LogP contribution < -0.4 is 10.1 Å². The van der Waals surface area contributed by atoms with Gasteiger partial charge in [-0.1, -0.05) is 46.9 Å². The molecule has 0 saturated carbocycles. The average Bonchev–Trinajstić information content (AvgIpc) is 3.29. The van der Waals surface area contributed by atoms with E-state index < -0.39 is 11.4 Å². The monoisotopic (exact) mass is 587 g/mol. The zero-order valence-electron chi connectivity index (χ0n) is 21.1. The molecule has 2 aromatic heterocycles. The van der Waals surface area contributed by atoms with E-state index in [1.165, 1.54) is 18.5 Å². The standard InChI is InChI=1S/C28H25Cl3FN5O2/c1-15-13-37(14-16(2)34-15)28(38)18-5-3-17(4-6-18)23(32)10-25-20-9-19(7-8-24(20)35-36-25)39-27(31)26-21(29)11-33-12-22(26)30/h3-12,15-16,27,34H,13-14H2,1-2H3,(H,35,36)/b23-10-/t15-,16+,27?. The van der Waals surface area contributed by atoms with Crippen LogP contribution >= 0.6 is 34.8 Å². The first kappa shape index (κ1) is 27.4. The summed E-state index contributed by atoms with van der Waals surface area (Å²) in [4.78, 5) is 18.7. The van der Waals surface area contributed by atoms with Crippen LogP contribution in [0.4, 0.5) is 4.39 Å². The van der Waals surface area contributed by atoms with E-state index >= 15 is 4.39 Å². The minimum Gasteiger partial charge on any atom is -0.470 e. The van der Waals surface area contributed by atoms with Crippen LogP contribution in [0, 0.1) is 0 Å². The molecule has 0 radical (unpaired) electrons. The lowest BCUT2D eigenvalue weighted by Crippen LogP contribution is -2.55. The fourth-order valence-corrected chi connectivity index (χ4v) is 5.68. The first-order valence-electron chi connectivity index (χ1n) is 12.3. The van der Waals surface area contributed by atoms with E-state index in [4.69, 9.17) is 39.5 Å². The van der Waals surface area contributed by atoms with Gasteiger partial charge in [0.1, 0.15) is 11.6 Å². The summed E-state index contributed by atoms with van der Waals surface area (Å²) in [5.41, 5.74) is 1.35. The van der Waals surface area contributed by atoms with Crippen molar-refractivity contribution in [2.75, 3.05) is 13.1 Å². The molecule has 3 heterocycles. The predicted molar refractivity (Wildman–Crippen MR) is 153 cm³/mol. The minimum absolute atomic E-state index is 0.0658. The molecule has 3 atom stereocenters. The third kappa shape index (κ3) is 6.04. The Morgan fingerprint density at radius 1 is 1.08 bits per heavy atom. The summed E-state index contributed by atoms with van der Waals surface area (Å²) in [6.45, 7) is 5.36. The number of hydrogen-bond acceptors (Lipinski definition) is 5. The van der Waals surface area contributed by atoms with E-state index in [0.717, 1.165) is 0 Å². The highest BCUT2D eigenvalue weighted by atomic mass is 35.5. The molecule has 0 aliphatic carbocycles. The topological polar surface area (TPSA) is 83.1 Å². The third-order valence-electron chi connectivity index (χ3n) is 6.44. The van der Waals surface area contributed by atoms with Gasteiger partial charge < -0.3 is 15.0 Å². The second-order valence-electron chi connectivity index (χ2n) is 9.52. The molecule has 11 heteroatoms. The van der Waals surface area contributed by atoms with Crippen molar-refractivity contribution in [1.82, 2.24) is 25.4 Å². The first-order valence-corrected chi connectivity index (χ1v) is 13.5. The molecule has 2 N–H and O–H groups in total. The van der Waals surface area contributed by atoms with Crippen molar-refractivity contribution in [2.45, 2.75) is 31.5 Å². The number of aromatic nitrogens is 3. The number of alkyl halides is 1. The smallest absolute Gasteiger partial charge is 0.253 e. The Labute approximate surface area is 239 Å². The number of aromatic amines is 1. The van der Waals surface area contributed by atoms with E-state index in [-0.39, 0.29) is 28.0 Å². The van der Waals surface area contributed by atoms with Gasteiger partial charge in [-0.3, -0.25) is 14.9 Å². The molecule has 0 bridgehead atoms. The first-order chi connectivity index (χ1) is 18.7. The summed E-state index contributed by atoms with van der Waals surface area (Å²) < 4.78 is 21.1. The molecule has 0 spiro atoms. The largest absolute Gasteiger partial charge is 0.470 e. The number of nitrogens with zero attached hydrogens (tertiary/aromatic N) is 3. The van der Waals surface area contributed by atoms with Crippen LogP contribution in [-0.2, 0) is 0 Å². The number of piperazine rings is 1. The second kappa shape index (κ2) is 11.5. The van der Waals surface area contributed by atoms with Crippen molar-refractivity contribution in [3.8, 4) is 5.75 Å². The molecule has 1 aliphatic rings. The van der Waals surface area contributed by atoms with Crippen LogP contribution in [-0.4, -0.2) is 51.2 Å². The normalized spacial score (nSPS) is 18.8. The summed E-state index contributed by atoms with van der Waals surface area (Å²) in [6.07, 6.45) is 4.19. The van der Waals surface area contributed by atoms with Gasteiger partial charge in [0.05, 0.1) is 21.3 Å². The third-order valence-corrected chi connectivity index (χ3v) is 7.35. The van der Waals surface area contributed by atoms with Gasteiger partial charge >= 0.3 is 0 Å². The number of carbonyl (C=O) groups is 1. The summed E-state index contributed by atoms with van der Waals surface area (Å²) in [5.74, 6) is -0.144. The van der Waals surface area contributed by atoms with Crippen molar-refractivity contribution in [3.05, 3.63) is 87.3 Å². The van der Waals surface area contributed by atoms with Crippen LogP contribution in [0.3, 0.4) is 0 Å². The van der Waals surface area contributed by atoms with E-state index in [1.54, 1.807) is 42.5 Å². The van der Waals surface area contributed by atoms with Gasteiger partial charge in [0.15, 0.2) is 0 Å². The zero-order valence-corrected chi connectivity index (χ0v) is 23.4. The van der Waals surface area contributed by atoms with Gasteiger partial charge in [-0.05, 0) is 44.2 Å². The molecule has 4 aromatic rings. The summed E-state index contributed by atoms with van der Waals surface area (Å²) in [5, 5.41) is 11.7. The second-order valence-corrected chi connectivity index (χ2v) is 10.7. The maximum atomic E-state index is 15.3. The highest BCUT2D eigenvalue weighted by Gasteiger charge is 2.25. The molecule has 1 saturated heterocycles. The van der Waals surface area contributed by atoms with Crippen molar-refractivity contribution in [2.24, 2.45) is 0 Å². The van der Waals surface area contributed by atoms with Crippen molar-refractivity contribution in [3.63, 3.8) is 0 Å². The molecule has 1 aliphatic heterocycles. The van der Waals surface area contributed by atoms with Gasteiger partial charge in [0.25, 0.3) is 5.91 Å². The minimum atomic E-state index is -0.970. The number of H-pyrrole nitrogens is 1. The van der Waals surface area contributed by atoms with Gasteiger partial charge in [-0.15, -0.1) is 0 Å². The molecular weight excluding hydrogens is 564 g/mol. The number of ether oxygens (including phenoxy) is 1. The van der Waals surface area contributed by atoms with E-state index in [1.807, 2.05) is 18.7 Å². The van der Waals surface area contributed by atoms with Gasteiger partial charge in [0.2, 0.25) is 5.56 Å². The molecule has 5 rings (SSSR count). The van der Waals surface area contributed by atoms with Gasteiger partial charge in [-0.2, -0.15) is 5.10 Å². The van der Waals surface area contributed by atoms with Gasteiger partial charge in [-0.25, -0.2) is 4.39 Å². The quantitative estimate of drug-likeness (QED) is 0.240. The highest BCUT2D eigenvalue weighted by molar-refractivity contribution is 6.37. The summed E-state index contributed by atoms with van der Waals surface area (Å²) >= 11 is 18.8. The number of pyridine rings is 1. The number of nitrogens with one attached hydrogen (secondary N) is 2. The lowest BCUT2D eigenvalue weighted by atomic mass is 10.1. The maximum absolute atomic E-state index is 15.3. The maximum Gasteiger partial charge on any atom is 0.253 e. The molecule has 202 valence electrons. The SMILES string of the molecule is C[C@@H]1CN(C(=O)c2ccc(/C(F)=C/c3n[nH]c4ccc(OC(Cl)c5c(Cl)cncc5Cl)cc34)cc2)C[C@H](C)N1. The molecule has 1 amide bonds. The number of benzene rings is 2. The Hall–Kier alpha value is -3.17. The van der Waals surface area contributed by atoms with Crippen molar-refractivity contribution >= 4 is 63.5 Å². The Morgan fingerprint density at radius 2 is 1.72 bits per heavy atom. The van der Waals surface area contributed by atoms with Crippen LogP contribution in [0.1, 0.15) is 46.6 Å². The number of rotatable bonds is 6. The van der Waals surface area contributed by atoms with Crippen LogP contribution in [0.5, 0.6) is 5.75 Å². The average molecular weight is 589 g/mol. The number of carbonyl (C=O) groups excluding carboxylic acids is 1. The van der Waals surface area contributed by atoms with Crippen LogP contribution in [0.15, 0.2) is 54.9 Å². The molecule has 39 heavy (non-hydrogen) atoms. The number of fused-ring (bicyclic) bond motifs is 1. The predicted octanol–water partition coefficient (Wildman–Crippen LogP) is 6.87. The van der Waals surface area contributed by atoms with Gasteiger partial charge in [0, 0.05) is 65.7 Å². The highest BCUT2D eigenvalue weighted by Crippen LogP contribution is 2.36. The number of hydrogen-bond donors (Lipinski definition) is 2. The fourth-order valence-electron chi connectivity index (χ4n) is 4.66. The lowest BCUT2D eigenvalue weighted by molar-refractivity contribution is 0.0674. The molecule has 7 nitrogen and oxygen atoms in total. The van der Waals surface area contributed by atoms with E-state index in [9.17, 15) is 4.79 Å². The van der Waals surface area contributed by atoms with Crippen LogP contribution in [0.2, 0.25) is 10.0 Å². The summed E-state index contributed by atoms with van der Waals surface area (Å²) in [7, 11) is 0.